The number of nitrogens with zero attached hydrogens (tertiary/aromatic N) is 2. The van der Waals surface area contributed by atoms with Crippen molar-refractivity contribution in [2.45, 2.75) is 32.9 Å². The van der Waals surface area contributed by atoms with Gasteiger partial charge in [-0.3, -0.25) is 0 Å². The maximum absolute atomic E-state index is 5.96. The third-order valence-electron chi connectivity index (χ3n) is 4.56. The number of methoxy groups -OCH3 is 1. The Morgan fingerprint density at radius 1 is 1.31 bits per heavy atom. The summed E-state index contributed by atoms with van der Waals surface area (Å²) in [4.78, 5) is 7.03. The second-order valence-corrected chi connectivity index (χ2v) is 7.14. The van der Waals surface area contributed by atoms with E-state index in [-0.39, 0.29) is 30.1 Å². The molecule has 0 aliphatic carbocycles. The van der Waals surface area contributed by atoms with Crippen LogP contribution in [0.25, 0.3) is 0 Å². The summed E-state index contributed by atoms with van der Waals surface area (Å²) in [6.07, 6.45) is 1.05. The number of guanidine groups is 1. The minimum atomic E-state index is 0. The highest BCUT2D eigenvalue weighted by Gasteiger charge is 2.17. The van der Waals surface area contributed by atoms with Crippen LogP contribution in [-0.2, 0) is 16.0 Å². The highest BCUT2D eigenvalue weighted by atomic mass is 127. The Balaban J connectivity index is 0.00000420. The van der Waals surface area contributed by atoms with Crippen LogP contribution in [-0.4, -0.2) is 77.1 Å². The first-order valence-corrected chi connectivity index (χ1v) is 10.2. The number of morpholine rings is 1. The average Bonchev–Trinajstić information content (AvgIpc) is 2.68. The quantitative estimate of drug-likeness (QED) is 0.214. The van der Waals surface area contributed by atoms with Gasteiger partial charge in [0, 0.05) is 51.9 Å². The summed E-state index contributed by atoms with van der Waals surface area (Å²) in [5, 5.41) is 6.71. The second-order valence-electron chi connectivity index (χ2n) is 7.14. The van der Waals surface area contributed by atoms with Crippen LogP contribution >= 0.6 is 24.0 Å². The number of hydrogen-bond acceptors (Lipinski definition) is 5. The first-order valence-electron chi connectivity index (χ1n) is 10.2. The summed E-state index contributed by atoms with van der Waals surface area (Å²) in [7, 11) is 3.83. The zero-order chi connectivity index (χ0) is 20.2. The highest BCUT2D eigenvalue weighted by molar-refractivity contribution is 14.0. The van der Waals surface area contributed by atoms with Crippen molar-refractivity contribution in [2.75, 3.05) is 60.2 Å². The lowest BCUT2D eigenvalue weighted by molar-refractivity contribution is -0.0161. The number of ether oxygens (including phenoxy) is 3. The Bertz CT molecular complexity index is 616. The van der Waals surface area contributed by atoms with Crippen molar-refractivity contribution in [2.24, 2.45) is 4.99 Å². The molecule has 7 nitrogen and oxygen atoms in total. The van der Waals surface area contributed by atoms with Crippen LogP contribution in [0, 0.1) is 6.92 Å². The fourth-order valence-corrected chi connectivity index (χ4v) is 3.02. The number of aliphatic imine (C=N–C) groups is 1. The molecule has 0 saturated carbocycles. The Hall–Kier alpha value is -1.10. The summed E-state index contributed by atoms with van der Waals surface area (Å²) in [5.41, 5.74) is 2.26. The Morgan fingerprint density at radius 2 is 2.14 bits per heavy atom. The van der Waals surface area contributed by atoms with Gasteiger partial charge in [0.15, 0.2) is 5.96 Å². The SMILES string of the molecule is CCNC(=NCc1ccc(C)cc1OCCCOC)NCC1CN(C)CCO1.I. The van der Waals surface area contributed by atoms with Gasteiger partial charge in [-0.15, -0.1) is 24.0 Å². The maximum Gasteiger partial charge on any atom is 0.191 e. The van der Waals surface area contributed by atoms with Crippen LogP contribution < -0.4 is 15.4 Å². The van der Waals surface area contributed by atoms with Gasteiger partial charge in [-0.1, -0.05) is 12.1 Å². The summed E-state index contributed by atoms with van der Waals surface area (Å²) in [5.74, 6) is 1.69. The number of hydrogen-bond donors (Lipinski definition) is 2. The van der Waals surface area contributed by atoms with Crippen molar-refractivity contribution in [3.05, 3.63) is 29.3 Å². The normalized spacial score (nSPS) is 17.5. The zero-order valence-corrected chi connectivity index (χ0v) is 20.5. The van der Waals surface area contributed by atoms with Crippen LogP contribution in [0.1, 0.15) is 24.5 Å². The topological polar surface area (TPSA) is 67.4 Å². The number of rotatable bonds is 10. The van der Waals surface area contributed by atoms with Crippen molar-refractivity contribution >= 4 is 29.9 Å². The molecule has 0 amide bonds. The van der Waals surface area contributed by atoms with Crippen molar-refractivity contribution in [3.8, 4) is 5.75 Å². The molecule has 1 aliphatic heterocycles. The fourth-order valence-electron chi connectivity index (χ4n) is 3.02. The van der Waals surface area contributed by atoms with E-state index < -0.39 is 0 Å². The molecule has 1 fully saturated rings. The van der Waals surface area contributed by atoms with Crippen LogP contribution in [0.2, 0.25) is 0 Å². The largest absolute Gasteiger partial charge is 0.493 e. The molecule has 2 N–H and O–H groups in total. The Labute approximate surface area is 192 Å². The molecule has 166 valence electrons. The van der Waals surface area contributed by atoms with Crippen LogP contribution in [0.5, 0.6) is 5.75 Å². The molecule has 1 saturated heterocycles. The number of benzene rings is 1. The summed E-state index contributed by atoms with van der Waals surface area (Å²) in [6.45, 7) is 10.3. The third kappa shape index (κ3) is 9.97. The predicted octanol–water partition coefficient (Wildman–Crippen LogP) is 2.41. The molecule has 29 heavy (non-hydrogen) atoms. The van der Waals surface area contributed by atoms with E-state index in [0.717, 1.165) is 56.5 Å². The number of aryl methyl sites for hydroxylation is 1. The van der Waals surface area contributed by atoms with E-state index in [2.05, 4.69) is 54.6 Å². The van der Waals surface area contributed by atoms with Gasteiger partial charge in [0.2, 0.25) is 0 Å². The predicted molar refractivity (Wildman–Crippen MR) is 129 cm³/mol. The molecule has 0 bridgehead atoms. The van der Waals surface area contributed by atoms with E-state index in [1.807, 2.05) is 0 Å². The maximum atomic E-state index is 5.96. The molecule has 0 aromatic heterocycles. The van der Waals surface area contributed by atoms with Crippen molar-refractivity contribution < 1.29 is 14.2 Å². The van der Waals surface area contributed by atoms with Gasteiger partial charge in [-0.2, -0.15) is 0 Å². The first kappa shape index (κ1) is 25.9. The number of halogens is 1. The second kappa shape index (κ2) is 14.8. The highest BCUT2D eigenvalue weighted by Crippen LogP contribution is 2.21. The molecule has 0 radical (unpaired) electrons. The van der Waals surface area contributed by atoms with E-state index in [9.17, 15) is 0 Å². The summed E-state index contributed by atoms with van der Waals surface area (Å²) in [6, 6.07) is 6.26. The lowest BCUT2D eigenvalue weighted by Gasteiger charge is -2.30. The molecule has 1 aromatic rings. The molecule has 8 heteroatoms. The van der Waals surface area contributed by atoms with E-state index >= 15 is 0 Å². The summed E-state index contributed by atoms with van der Waals surface area (Å²) < 4.78 is 16.9. The first-order chi connectivity index (χ1) is 13.6. The van der Waals surface area contributed by atoms with Crippen LogP contribution in [0.3, 0.4) is 0 Å². The minimum absolute atomic E-state index is 0. The molecule has 1 aromatic carbocycles. The van der Waals surface area contributed by atoms with E-state index in [1.54, 1.807) is 7.11 Å². The molecule has 1 atom stereocenters. The van der Waals surface area contributed by atoms with Crippen LogP contribution in [0.4, 0.5) is 0 Å². The number of likely N-dealkylation sites (N-methyl/N-ethyl adjacent to an activating group) is 1. The lowest BCUT2D eigenvalue weighted by atomic mass is 10.1. The van der Waals surface area contributed by atoms with Gasteiger partial charge in [-0.05, 0) is 32.5 Å². The molecule has 1 unspecified atom stereocenters. The molecule has 1 heterocycles. The monoisotopic (exact) mass is 520 g/mol. The Morgan fingerprint density at radius 3 is 2.86 bits per heavy atom. The van der Waals surface area contributed by atoms with Gasteiger partial charge in [0.1, 0.15) is 5.75 Å². The van der Waals surface area contributed by atoms with Gasteiger partial charge >= 0.3 is 0 Å². The standard InChI is InChI=1S/C21H36N4O3.HI/c1-5-22-21(24-15-19-16-25(3)9-12-27-19)23-14-18-8-7-17(2)13-20(18)28-11-6-10-26-4;/h7-8,13,19H,5-6,9-12,14-16H2,1-4H3,(H2,22,23,24);1H. The molecule has 2 rings (SSSR count). The number of nitrogens with one attached hydrogen (secondary N) is 2. The Kier molecular flexibility index (Phi) is 13.2. The molecule has 0 spiro atoms. The third-order valence-corrected chi connectivity index (χ3v) is 4.56. The molecule has 1 aliphatic rings. The average molecular weight is 520 g/mol. The van der Waals surface area contributed by atoms with E-state index in [0.29, 0.717) is 19.8 Å². The summed E-state index contributed by atoms with van der Waals surface area (Å²) >= 11 is 0. The van der Waals surface area contributed by atoms with Crippen molar-refractivity contribution in [1.82, 2.24) is 15.5 Å². The van der Waals surface area contributed by atoms with Gasteiger partial charge in [0.25, 0.3) is 0 Å². The van der Waals surface area contributed by atoms with Crippen LogP contribution in [0.15, 0.2) is 23.2 Å². The van der Waals surface area contributed by atoms with Gasteiger partial charge in [0.05, 0.1) is 25.9 Å². The van der Waals surface area contributed by atoms with Gasteiger partial charge in [-0.25, -0.2) is 4.99 Å². The smallest absolute Gasteiger partial charge is 0.191 e. The van der Waals surface area contributed by atoms with Crippen molar-refractivity contribution in [1.29, 1.82) is 0 Å². The zero-order valence-electron chi connectivity index (χ0n) is 18.2. The van der Waals surface area contributed by atoms with E-state index in [1.165, 1.54) is 5.56 Å². The lowest BCUT2D eigenvalue weighted by Crippen LogP contribution is -2.48. The van der Waals surface area contributed by atoms with E-state index in [4.69, 9.17) is 19.2 Å². The minimum Gasteiger partial charge on any atom is -0.493 e. The van der Waals surface area contributed by atoms with Gasteiger partial charge < -0.3 is 29.7 Å². The molecular formula is C21H37IN4O3. The molecular weight excluding hydrogens is 483 g/mol. The van der Waals surface area contributed by atoms with Crippen molar-refractivity contribution in [3.63, 3.8) is 0 Å². The fraction of sp³-hybridized carbons (Fsp3) is 0.667.